The molecular weight excluding hydrogens is 370 g/mol. The number of methoxy groups -OCH3 is 1. The predicted octanol–water partition coefficient (Wildman–Crippen LogP) is 3.18. The van der Waals surface area contributed by atoms with Gasteiger partial charge in [0.2, 0.25) is 6.04 Å². The molecule has 4 aromatic rings. The zero-order valence-corrected chi connectivity index (χ0v) is 16.0. The number of rotatable bonds is 5. The standard InChI is InChI=1S/C22H19N3O4/c1-13(25-9-5-6-14(12-25)21(23)26)22(27)24-17-11-19-16(10-20(17)28-2)15-7-3-4-8-18(15)29-19/h3-13H,1-2H3,(H2-,23,24,26,27)/p+1/t13-/m0/s1. The molecular formula is C22H20N3O4+. The minimum Gasteiger partial charge on any atom is -0.495 e. The van der Waals surface area contributed by atoms with E-state index in [4.69, 9.17) is 14.9 Å². The summed E-state index contributed by atoms with van der Waals surface area (Å²) in [5.41, 5.74) is 7.57. The second-order valence-electron chi connectivity index (χ2n) is 6.72. The number of pyridine rings is 1. The first-order chi connectivity index (χ1) is 14.0. The molecule has 2 amide bonds. The number of anilines is 1. The minimum absolute atomic E-state index is 0.273. The summed E-state index contributed by atoms with van der Waals surface area (Å²) in [4.78, 5) is 24.2. The summed E-state index contributed by atoms with van der Waals surface area (Å²) < 4.78 is 13.0. The highest BCUT2D eigenvalue weighted by atomic mass is 16.5. The van der Waals surface area contributed by atoms with Crippen LogP contribution >= 0.6 is 0 Å². The molecule has 0 saturated heterocycles. The van der Waals surface area contributed by atoms with E-state index in [9.17, 15) is 9.59 Å². The van der Waals surface area contributed by atoms with Gasteiger partial charge < -0.3 is 20.2 Å². The first-order valence-electron chi connectivity index (χ1n) is 9.08. The number of fused-ring (bicyclic) bond motifs is 3. The van der Waals surface area contributed by atoms with Gasteiger partial charge in [0.15, 0.2) is 12.4 Å². The number of primary amides is 1. The van der Waals surface area contributed by atoms with Crippen LogP contribution < -0.4 is 20.4 Å². The molecule has 0 radical (unpaired) electrons. The highest BCUT2D eigenvalue weighted by Gasteiger charge is 2.24. The van der Waals surface area contributed by atoms with Gasteiger partial charge in [-0.25, -0.2) is 0 Å². The van der Waals surface area contributed by atoms with E-state index in [1.807, 2.05) is 30.3 Å². The Bertz CT molecular complexity index is 1250. The average Bonchev–Trinajstić information content (AvgIpc) is 3.09. The van der Waals surface area contributed by atoms with E-state index in [0.29, 0.717) is 22.6 Å². The van der Waals surface area contributed by atoms with Crippen LogP contribution in [0.15, 0.2) is 65.3 Å². The lowest BCUT2D eigenvalue weighted by atomic mass is 10.1. The van der Waals surface area contributed by atoms with Crippen LogP contribution in [-0.2, 0) is 4.79 Å². The molecule has 146 valence electrons. The quantitative estimate of drug-likeness (QED) is 0.511. The lowest BCUT2D eigenvalue weighted by Gasteiger charge is -2.12. The summed E-state index contributed by atoms with van der Waals surface area (Å²) in [7, 11) is 1.55. The number of nitrogens with two attached hydrogens (primary N) is 1. The topological polar surface area (TPSA) is 98.4 Å². The van der Waals surface area contributed by atoms with Crippen molar-refractivity contribution in [2.75, 3.05) is 12.4 Å². The van der Waals surface area contributed by atoms with Gasteiger partial charge in [0.25, 0.3) is 11.8 Å². The van der Waals surface area contributed by atoms with Gasteiger partial charge in [0.05, 0.1) is 12.8 Å². The van der Waals surface area contributed by atoms with Gasteiger partial charge >= 0.3 is 0 Å². The molecule has 0 aliphatic rings. The molecule has 0 unspecified atom stereocenters. The van der Waals surface area contributed by atoms with Crippen molar-refractivity contribution in [3.8, 4) is 5.75 Å². The average molecular weight is 390 g/mol. The van der Waals surface area contributed by atoms with Crippen molar-refractivity contribution in [2.24, 2.45) is 5.73 Å². The summed E-state index contributed by atoms with van der Waals surface area (Å²) in [5.74, 6) is -0.296. The van der Waals surface area contributed by atoms with Gasteiger partial charge in [-0.3, -0.25) is 9.59 Å². The largest absolute Gasteiger partial charge is 0.495 e. The van der Waals surface area contributed by atoms with Gasteiger partial charge in [-0.1, -0.05) is 18.2 Å². The first-order valence-corrected chi connectivity index (χ1v) is 9.08. The smallest absolute Gasteiger partial charge is 0.293 e. The molecule has 1 atom stereocenters. The van der Waals surface area contributed by atoms with Gasteiger partial charge in [-0.05, 0) is 18.2 Å². The van der Waals surface area contributed by atoms with Crippen molar-refractivity contribution in [2.45, 2.75) is 13.0 Å². The molecule has 0 saturated carbocycles. The third-order valence-electron chi connectivity index (χ3n) is 4.89. The van der Waals surface area contributed by atoms with E-state index in [1.54, 1.807) is 49.2 Å². The molecule has 7 heteroatoms. The Morgan fingerprint density at radius 3 is 2.66 bits per heavy atom. The number of carbonyl (C=O) groups is 2. The van der Waals surface area contributed by atoms with Crippen molar-refractivity contribution in [3.63, 3.8) is 0 Å². The van der Waals surface area contributed by atoms with E-state index in [0.717, 1.165) is 16.4 Å². The zero-order chi connectivity index (χ0) is 20.5. The van der Waals surface area contributed by atoms with Crippen LogP contribution in [0.1, 0.15) is 23.3 Å². The molecule has 2 heterocycles. The van der Waals surface area contributed by atoms with Gasteiger partial charge in [0, 0.05) is 29.8 Å². The van der Waals surface area contributed by atoms with Crippen molar-refractivity contribution >= 4 is 39.4 Å². The summed E-state index contributed by atoms with van der Waals surface area (Å²) in [6.07, 6.45) is 3.25. The third kappa shape index (κ3) is 3.38. The van der Waals surface area contributed by atoms with Crippen LogP contribution in [0.3, 0.4) is 0 Å². The van der Waals surface area contributed by atoms with Crippen molar-refractivity contribution in [1.82, 2.24) is 0 Å². The Labute approximate surface area is 166 Å². The third-order valence-corrected chi connectivity index (χ3v) is 4.89. The number of amides is 2. The van der Waals surface area contributed by atoms with Gasteiger partial charge in [0.1, 0.15) is 22.5 Å². The normalized spacial score (nSPS) is 12.1. The number of nitrogens with zero attached hydrogens (tertiary/aromatic N) is 1. The maximum Gasteiger partial charge on any atom is 0.293 e. The van der Waals surface area contributed by atoms with Crippen LogP contribution in [0, 0.1) is 0 Å². The maximum atomic E-state index is 12.8. The summed E-state index contributed by atoms with van der Waals surface area (Å²) in [5, 5.41) is 4.77. The molecule has 0 aliphatic carbocycles. The van der Waals surface area contributed by atoms with E-state index >= 15 is 0 Å². The lowest BCUT2D eigenvalue weighted by molar-refractivity contribution is -0.705. The number of nitrogens with one attached hydrogen (secondary N) is 1. The van der Waals surface area contributed by atoms with Crippen LogP contribution in [-0.4, -0.2) is 18.9 Å². The number of furan rings is 1. The van der Waals surface area contributed by atoms with Gasteiger partial charge in [-0.15, -0.1) is 0 Å². The second-order valence-corrected chi connectivity index (χ2v) is 6.72. The Hall–Kier alpha value is -3.87. The fourth-order valence-corrected chi connectivity index (χ4v) is 3.27. The number of benzene rings is 2. The molecule has 0 bridgehead atoms. The molecule has 2 aromatic carbocycles. The van der Waals surface area contributed by atoms with Crippen LogP contribution in [0.2, 0.25) is 0 Å². The molecule has 4 rings (SSSR count). The number of aromatic nitrogens is 1. The number of para-hydroxylation sites is 1. The molecule has 29 heavy (non-hydrogen) atoms. The lowest BCUT2D eigenvalue weighted by Crippen LogP contribution is -2.44. The molecule has 3 N–H and O–H groups in total. The van der Waals surface area contributed by atoms with Crippen LogP contribution in [0.4, 0.5) is 5.69 Å². The summed E-state index contributed by atoms with van der Waals surface area (Å²) >= 11 is 0. The summed E-state index contributed by atoms with van der Waals surface area (Å²) in [6.45, 7) is 1.73. The van der Waals surface area contributed by atoms with E-state index in [-0.39, 0.29) is 5.91 Å². The maximum absolute atomic E-state index is 12.8. The minimum atomic E-state index is -0.578. The van der Waals surface area contributed by atoms with Crippen LogP contribution in [0.5, 0.6) is 5.75 Å². The van der Waals surface area contributed by atoms with E-state index in [1.165, 1.54) is 0 Å². The van der Waals surface area contributed by atoms with E-state index < -0.39 is 11.9 Å². The van der Waals surface area contributed by atoms with Crippen molar-refractivity contribution in [1.29, 1.82) is 0 Å². The number of hydrogen-bond acceptors (Lipinski definition) is 4. The fraction of sp³-hybridized carbons (Fsp3) is 0.136. The SMILES string of the molecule is COc1cc2c(cc1NC(=O)[C@H](C)[n+]1cccc(C(N)=O)c1)oc1ccccc12. The fourth-order valence-electron chi connectivity index (χ4n) is 3.27. The Kier molecular flexibility index (Phi) is 4.64. The molecule has 2 aromatic heterocycles. The van der Waals surface area contributed by atoms with E-state index in [2.05, 4.69) is 5.32 Å². The Balaban J connectivity index is 1.67. The number of carbonyl (C=O) groups excluding carboxylic acids is 2. The first kappa shape index (κ1) is 18.5. The molecule has 0 fully saturated rings. The summed E-state index contributed by atoms with van der Waals surface area (Å²) in [6, 6.07) is 14.0. The highest BCUT2D eigenvalue weighted by molar-refractivity contribution is 6.07. The van der Waals surface area contributed by atoms with Crippen molar-refractivity contribution < 1.29 is 23.3 Å². The zero-order valence-electron chi connectivity index (χ0n) is 16.0. The monoisotopic (exact) mass is 390 g/mol. The number of ether oxygens (including phenoxy) is 1. The Morgan fingerprint density at radius 1 is 1.10 bits per heavy atom. The van der Waals surface area contributed by atoms with Gasteiger partial charge in [-0.2, -0.15) is 4.57 Å². The molecule has 0 spiro atoms. The molecule has 0 aliphatic heterocycles. The predicted molar refractivity (Wildman–Crippen MR) is 109 cm³/mol. The van der Waals surface area contributed by atoms with Crippen LogP contribution in [0.25, 0.3) is 21.9 Å². The Morgan fingerprint density at radius 2 is 1.90 bits per heavy atom. The highest BCUT2D eigenvalue weighted by Crippen LogP contribution is 2.36. The van der Waals surface area contributed by atoms with Crippen molar-refractivity contribution in [3.05, 3.63) is 66.5 Å². The molecule has 7 nitrogen and oxygen atoms in total. The number of hydrogen-bond donors (Lipinski definition) is 2. The second kappa shape index (κ2) is 7.27.